The summed E-state index contributed by atoms with van der Waals surface area (Å²) in [4.78, 5) is 16.8. The van der Waals surface area contributed by atoms with E-state index in [1.807, 2.05) is 25.1 Å². The number of amides is 1. The van der Waals surface area contributed by atoms with Gasteiger partial charge < -0.3 is 5.32 Å². The van der Waals surface area contributed by atoms with Gasteiger partial charge in [-0.2, -0.15) is 0 Å². The first-order valence-electron chi connectivity index (χ1n) is 9.00. The molecule has 1 N–H and O–H groups in total. The van der Waals surface area contributed by atoms with Crippen LogP contribution in [0.2, 0.25) is 0 Å². The van der Waals surface area contributed by atoms with Crippen LogP contribution in [0.5, 0.6) is 0 Å². The molecule has 1 amide bonds. The lowest BCUT2D eigenvalue weighted by Crippen LogP contribution is -2.24. The van der Waals surface area contributed by atoms with Crippen molar-refractivity contribution in [3.63, 3.8) is 0 Å². The van der Waals surface area contributed by atoms with Crippen LogP contribution < -0.4 is 5.32 Å². The minimum atomic E-state index is -0.319. The van der Waals surface area contributed by atoms with Gasteiger partial charge in [0.05, 0.1) is 12.2 Å². The molecule has 0 aliphatic heterocycles. The first-order chi connectivity index (χ1) is 12.9. The zero-order chi connectivity index (χ0) is 19.6. The number of hydrogen-bond acceptors (Lipinski definition) is 6. The molecule has 0 atom stereocenters. The van der Waals surface area contributed by atoms with Crippen LogP contribution in [0.25, 0.3) is 5.69 Å². The van der Waals surface area contributed by atoms with Crippen molar-refractivity contribution >= 4 is 17.2 Å². The Balaban J connectivity index is 1.76. The topological polar surface area (TPSA) is 85.6 Å². The van der Waals surface area contributed by atoms with Gasteiger partial charge in [-0.25, -0.2) is 9.67 Å². The summed E-state index contributed by atoms with van der Waals surface area (Å²) in [7, 11) is 0. The van der Waals surface area contributed by atoms with Gasteiger partial charge in [0, 0.05) is 5.92 Å². The minimum Gasteiger partial charge on any atom is -0.343 e. The van der Waals surface area contributed by atoms with Crippen molar-refractivity contribution in [2.45, 2.75) is 53.0 Å². The van der Waals surface area contributed by atoms with E-state index < -0.39 is 0 Å². The number of aryl methyl sites for hydroxylation is 1. The Bertz CT molecular complexity index is 943. The minimum absolute atomic E-state index is 0.152. The maximum Gasteiger partial charge on any atom is 0.291 e. The zero-order valence-corrected chi connectivity index (χ0v) is 17.0. The van der Waals surface area contributed by atoms with Crippen molar-refractivity contribution in [3.8, 4) is 5.69 Å². The quantitative estimate of drug-likeness (QED) is 0.702. The van der Waals surface area contributed by atoms with E-state index in [9.17, 15) is 4.79 Å². The molecule has 3 rings (SSSR count). The predicted octanol–water partition coefficient (Wildman–Crippen LogP) is 3.60. The van der Waals surface area contributed by atoms with E-state index in [0.29, 0.717) is 24.2 Å². The SMILES string of the molecule is Cc1nc(C(=O)NCc2nnc(C(C)C)s2)nn1-c1ccccc1C(C)C. The van der Waals surface area contributed by atoms with Gasteiger partial charge in [-0.15, -0.1) is 15.3 Å². The number of para-hydroxylation sites is 1. The third kappa shape index (κ3) is 4.21. The summed E-state index contributed by atoms with van der Waals surface area (Å²) in [5.41, 5.74) is 2.11. The number of nitrogens with zero attached hydrogens (tertiary/aromatic N) is 5. The number of carbonyl (C=O) groups is 1. The summed E-state index contributed by atoms with van der Waals surface area (Å²) in [5.74, 6) is 1.17. The van der Waals surface area contributed by atoms with Gasteiger partial charge in [-0.1, -0.05) is 57.2 Å². The number of aromatic nitrogens is 5. The molecule has 7 nitrogen and oxygen atoms in total. The summed E-state index contributed by atoms with van der Waals surface area (Å²) in [5, 5.41) is 17.2. The first kappa shape index (κ1) is 19.2. The fourth-order valence-electron chi connectivity index (χ4n) is 2.69. The Hall–Kier alpha value is -2.61. The monoisotopic (exact) mass is 384 g/mol. The Kier molecular flexibility index (Phi) is 5.65. The summed E-state index contributed by atoms with van der Waals surface area (Å²) >= 11 is 1.51. The molecule has 2 aromatic heterocycles. The molecule has 0 saturated heterocycles. The second kappa shape index (κ2) is 7.96. The fraction of sp³-hybridized carbons (Fsp3) is 0.421. The average molecular weight is 385 g/mol. The fourth-order valence-corrected chi connectivity index (χ4v) is 3.47. The van der Waals surface area contributed by atoms with Gasteiger partial charge in [0.1, 0.15) is 15.8 Å². The largest absolute Gasteiger partial charge is 0.343 e. The van der Waals surface area contributed by atoms with Gasteiger partial charge in [-0.05, 0) is 24.5 Å². The molecule has 3 aromatic rings. The van der Waals surface area contributed by atoms with Crippen molar-refractivity contribution in [1.29, 1.82) is 0 Å². The number of benzene rings is 1. The lowest BCUT2D eigenvalue weighted by molar-refractivity contribution is 0.0940. The second-order valence-corrected chi connectivity index (χ2v) is 8.07. The second-order valence-electron chi connectivity index (χ2n) is 6.98. The Morgan fingerprint density at radius 2 is 1.89 bits per heavy atom. The van der Waals surface area contributed by atoms with Crippen LogP contribution in [-0.4, -0.2) is 30.9 Å². The molecule has 0 aliphatic carbocycles. The lowest BCUT2D eigenvalue weighted by atomic mass is 10.0. The van der Waals surface area contributed by atoms with Gasteiger partial charge in [0.25, 0.3) is 5.91 Å². The number of rotatable bonds is 6. The average Bonchev–Trinajstić information content (AvgIpc) is 3.26. The normalized spacial score (nSPS) is 11.4. The molecular formula is C19H24N6OS. The number of carbonyl (C=O) groups excluding carboxylic acids is 1. The molecule has 1 aromatic carbocycles. The maximum atomic E-state index is 12.5. The standard InChI is InChI=1S/C19H24N6OS/c1-11(2)14-8-6-7-9-15(14)25-13(5)21-17(24-25)18(26)20-10-16-22-23-19(27-16)12(3)4/h6-9,11-12H,10H2,1-5H3,(H,20,26). The Labute approximate surface area is 162 Å². The maximum absolute atomic E-state index is 12.5. The van der Waals surface area contributed by atoms with Crippen molar-refractivity contribution in [1.82, 2.24) is 30.3 Å². The summed E-state index contributed by atoms with van der Waals surface area (Å²) in [6.45, 7) is 10.6. The lowest BCUT2D eigenvalue weighted by Gasteiger charge is -2.12. The van der Waals surface area contributed by atoms with Crippen LogP contribution in [0.1, 0.15) is 71.6 Å². The highest BCUT2D eigenvalue weighted by molar-refractivity contribution is 7.11. The summed E-state index contributed by atoms with van der Waals surface area (Å²) in [6, 6.07) is 8.03. The van der Waals surface area contributed by atoms with Gasteiger partial charge in [-0.3, -0.25) is 4.79 Å². The highest BCUT2D eigenvalue weighted by Gasteiger charge is 2.18. The number of nitrogens with one attached hydrogen (secondary N) is 1. The summed E-state index contributed by atoms with van der Waals surface area (Å²) in [6.07, 6.45) is 0. The van der Waals surface area contributed by atoms with E-state index in [2.05, 4.69) is 59.4 Å². The smallest absolute Gasteiger partial charge is 0.291 e. The van der Waals surface area contributed by atoms with Gasteiger partial charge >= 0.3 is 0 Å². The molecule has 0 fully saturated rings. The molecule has 0 aliphatic rings. The molecular weight excluding hydrogens is 360 g/mol. The first-order valence-corrected chi connectivity index (χ1v) is 9.82. The van der Waals surface area contributed by atoms with Crippen LogP contribution in [0, 0.1) is 6.92 Å². The van der Waals surface area contributed by atoms with Crippen LogP contribution in [0.3, 0.4) is 0 Å². The summed E-state index contributed by atoms with van der Waals surface area (Å²) < 4.78 is 1.73. The molecule has 0 unspecified atom stereocenters. The van der Waals surface area contributed by atoms with E-state index in [-0.39, 0.29) is 11.7 Å². The van der Waals surface area contributed by atoms with E-state index in [4.69, 9.17) is 0 Å². The van der Waals surface area contributed by atoms with Crippen molar-refractivity contribution < 1.29 is 4.79 Å². The molecule has 0 bridgehead atoms. The highest BCUT2D eigenvalue weighted by Crippen LogP contribution is 2.23. The van der Waals surface area contributed by atoms with Crippen molar-refractivity contribution in [2.75, 3.05) is 0 Å². The molecule has 27 heavy (non-hydrogen) atoms. The molecule has 2 heterocycles. The molecule has 0 spiro atoms. The van der Waals surface area contributed by atoms with Crippen LogP contribution in [0.4, 0.5) is 0 Å². The molecule has 0 radical (unpaired) electrons. The van der Waals surface area contributed by atoms with Crippen LogP contribution in [0.15, 0.2) is 24.3 Å². The van der Waals surface area contributed by atoms with E-state index >= 15 is 0 Å². The third-order valence-corrected chi connectivity index (χ3v) is 5.36. The molecule has 8 heteroatoms. The zero-order valence-electron chi connectivity index (χ0n) is 16.2. The van der Waals surface area contributed by atoms with E-state index in [0.717, 1.165) is 21.3 Å². The van der Waals surface area contributed by atoms with Crippen molar-refractivity contribution in [3.05, 3.63) is 51.5 Å². The van der Waals surface area contributed by atoms with E-state index in [1.54, 1.807) is 4.68 Å². The Morgan fingerprint density at radius 3 is 2.56 bits per heavy atom. The van der Waals surface area contributed by atoms with Gasteiger partial charge in [0.2, 0.25) is 5.82 Å². The van der Waals surface area contributed by atoms with Crippen LogP contribution in [-0.2, 0) is 6.54 Å². The molecule has 0 saturated carbocycles. The van der Waals surface area contributed by atoms with Crippen LogP contribution >= 0.6 is 11.3 Å². The predicted molar refractivity (Wildman–Crippen MR) is 105 cm³/mol. The van der Waals surface area contributed by atoms with Crippen molar-refractivity contribution in [2.24, 2.45) is 0 Å². The van der Waals surface area contributed by atoms with Gasteiger partial charge in [0.15, 0.2) is 0 Å². The number of hydrogen-bond donors (Lipinski definition) is 1. The molecule has 142 valence electrons. The Morgan fingerprint density at radius 1 is 1.15 bits per heavy atom. The van der Waals surface area contributed by atoms with E-state index in [1.165, 1.54) is 11.3 Å². The third-order valence-electron chi connectivity index (χ3n) is 4.14. The highest BCUT2D eigenvalue weighted by atomic mass is 32.1.